The third-order valence-corrected chi connectivity index (χ3v) is 6.82. The van der Waals surface area contributed by atoms with E-state index in [4.69, 9.17) is 0 Å². The third-order valence-electron chi connectivity index (χ3n) is 3.78. The first kappa shape index (κ1) is 18.1. The van der Waals surface area contributed by atoms with Gasteiger partial charge in [-0.15, -0.1) is 0 Å². The fourth-order valence-electron chi connectivity index (χ4n) is 2.44. The first-order valence-electron chi connectivity index (χ1n) is 7.56. The number of nitrogens with one attached hydrogen (secondary N) is 1. The molecule has 0 unspecified atom stereocenters. The molecule has 1 N–H and O–H groups in total. The molecule has 0 aromatic heterocycles. The topological polar surface area (TPSA) is 83.6 Å². The van der Waals surface area contributed by atoms with Gasteiger partial charge in [0.25, 0.3) is 0 Å². The van der Waals surface area contributed by atoms with Crippen LogP contribution in [0.2, 0.25) is 0 Å². The van der Waals surface area contributed by atoms with E-state index >= 15 is 0 Å². The number of rotatable bonds is 6. The molecule has 1 aromatic rings. The minimum Gasteiger partial charge on any atom is -0.212 e. The van der Waals surface area contributed by atoms with Gasteiger partial charge in [0.2, 0.25) is 20.0 Å². The number of nitrogens with zero attached hydrogens (tertiary/aromatic N) is 1. The van der Waals surface area contributed by atoms with E-state index in [0.717, 1.165) is 11.0 Å². The van der Waals surface area contributed by atoms with E-state index in [1.165, 1.54) is 4.31 Å². The minimum absolute atomic E-state index is 0.0726. The molecule has 0 saturated carbocycles. The zero-order chi connectivity index (χ0) is 16.9. The van der Waals surface area contributed by atoms with E-state index in [1.807, 2.05) is 30.3 Å². The van der Waals surface area contributed by atoms with Crippen LogP contribution in [0, 0.1) is 0 Å². The van der Waals surface area contributed by atoms with E-state index in [2.05, 4.69) is 4.72 Å². The molecule has 0 amide bonds. The fourth-order valence-corrected chi connectivity index (χ4v) is 4.69. The van der Waals surface area contributed by atoms with Crippen molar-refractivity contribution in [3.63, 3.8) is 0 Å². The van der Waals surface area contributed by atoms with Gasteiger partial charge in [-0.3, -0.25) is 0 Å². The third kappa shape index (κ3) is 5.42. The van der Waals surface area contributed by atoms with Crippen LogP contribution in [0.3, 0.4) is 0 Å². The molecule has 0 radical (unpaired) electrons. The molecule has 0 bridgehead atoms. The van der Waals surface area contributed by atoms with Crippen LogP contribution in [-0.2, 0) is 20.0 Å². The Bertz CT molecular complexity index is 735. The van der Waals surface area contributed by atoms with Crippen LogP contribution in [0.15, 0.2) is 35.7 Å². The van der Waals surface area contributed by atoms with Crippen molar-refractivity contribution in [2.24, 2.45) is 0 Å². The van der Waals surface area contributed by atoms with Gasteiger partial charge in [-0.25, -0.2) is 25.9 Å². The summed E-state index contributed by atoms with van der Waals surface area (Å²) < 4.78 is 51.8. The van der Waals surface area contributed by atoms with Crippen LogP contribution < -0.4 is 4.72 Å². The Balaban J connectivity index is 1.91. The molecule has 1 aliphatic rings. The summed E-state index contributed by atoms with van der Waals surface area (Å²) in [6, 6.07) is 8.94. The van der Waals surface area contributed by atoms with Gasteiger partial charge in [-0.2, -0.15) is 0 Å². The maximum absolute atomic E-state index is 12.1. The maximum Gasteiger partial charge on any atom is 0.233 e. The summed E-state index contributed by atoms with van der Waals surface area (Å²) >= 11 is 0. The Morgan fingerprint density at radius 3 is 2.30 bits per heavy atom. The Kier molecular flexibility index (Phi) is 5.96. The lowest BCUT2D eigenvalue weighted by Crippen LogP contribution is -2.46. The first-order valence-corrected chi connectivity index (χ1v) is 10.7. The largest absolute Gasteiger partial charge is 0.233 e. The lowest BCUT2D eigenvalue weighted by Gasteiger charge is -2.30. The molecule has 1 aliphatic heterocycles. The van der Waals surface area contributed by atoms with E-state index in [1.54, 1.807) is 13.0 Å². The quantitative estimate of drug-likeness (QED) is 0.833. The summed E-state index contributed by atoms with van der Waals surface area (Å²) in [5.41, 5.74) is 0.807. The molecule has 0 aliphatic carbocycles. The average molecular weight is 358 g/mol. The Morgan fingerprint density at radius 1 is 1.13 bits per heavy atom. The van der Waals surface area contributed by atoms with Crippen molar-refractivity contribution in [2.75, 3.05) is 18.8 Å². The maximum atomic E-state index is 12.1. The molecule has 8 heteroatoms. The molecule has 1 saturated heterocycles. The summed E-state index contributed by atoms with van der Waals surface area (Å²) in [6.07, 6.45) is 2.51. The molecule has 0 atom stereocenters. The second-order valence-corrected chi connectivity index (χ2v) is 9.31. The van der Waals surface area contributed by atoms with Crippen molar-refractivity contribution in [1.29, 1.82) is 0 Å². The van der Waals surface area contributed by atoms with Gasteiger partial charge in [-0.05, 0) is 31.4 Å². The number of piperidine rings is 1. The molecular formula is C15H22N2O4S2. The van der Waals surface area contributed by atoms with Crippen LogP contribution in [0.25, 0.3) is 6.08 Å². The van der Waals surface area contributed by atoms with Crippen molar-refractivity contribution in [1.82, 2.24) is 9.03 Å². The SMILES string of the molecule is CCS(=O)(=O)N1CCC(NS(=O)(=O)/C=C/c2ccccc2)CC1. The molecule has 1 aromatic carbocycles. The predicted octanol–water partition coefficient (Wildman–Crippen LogP) is 1.39. The van der Waals surface area contributed by atoms with Gasteiger partial charge in [0.15, 0.2) is 0 Å². The smallest absolute Gasteiger partial charge is 0.212 e. The highest BCUT2D eigenvalue weighted by molar-refractivity contribution is 7.92. The molecule has 23 heavy (non-hydrogen) atoms. The summed E-state index contributed by atoms with van der Waals surface area (Å²) in [5.74, 6) is 0.0726. The van der Waals surface area contributed by atoms with E-state index in [-0.39, 0.29) is 11.8 Å². The lowest BCUT2D eigenvalue weighted by molar-refractivity contribution is 0.309. The normalized spacial score (nSPS) is 18.5. The monoisotopic (exact) mass is 358 g/mol. The molecular weight excluding hydrogens is 336 g/mol. The molecule has 128 valence electrons. The van der Waals surface area contributed by atoms with E-state index in [9.17, 15) is 16.8 Å². The van der Waals surface area contributed by atoms with Crippen molar-refractivity contribution in [2.45, 2.75) is 25.8 Å². The molecule has 2 rings (SSSR count). The van der Waals surface area contributed by atoms with Crippen molar-refractivity contribution in [3.05, 3.63) is 41.3 Å². The summed E-state index contributed by atoms with van der Waals surface area (Å²) in [7, 11) is -6.73. The highest BCUT2D eigenvalue weighted by Crippen LogP contribution is 2.15. The van der Waals surface area contributed by atoms with Crippen LogP contribution in [0.1, 0.15) is 25.3 Å². The van der Waals surface area contributed by atoms with E-state index < -0.39 is 20.0 Å². The van der Waals surface area contributed by atoms with Crippen LogP contribution in [0.4, 0.5) is 0 Å². The lowest BCUT2D eigenvalue weighted by atomic mass is 10.1. The zero-order valence-electron chi connectivity index (χ0n) is 13.1. The second-order valence-electron chi connectivity index (χ2n) is 5.45. The second kappa shape index (κ2) is 7.57. The van der Waals surface area contributed by atoms with Gasteiger partial charge < -0.3 is 0 Å². The number of hydrogen-bond acceptors (Lipinski definition) is 4. The van der Waals surface area contributed by atoms with Crippen LogP contribution in [-0.4, -0.2) is 46.0 Å². The Labute approximate surface area is 138 Å². The Hall–Kier alpha value is -1.22. The predicted molar refractivity (Wildman–Crippen MR) is 91.6 cm³/mol. The van der Waals surface area contributed by atoms with Crippen LogP contribution in [0.5, 0.6) is 0 Å². The Morgan fingerprint density at radius 2 is 1.74 bits per heavy atom. The van der Waals surface area contributed by atoms with Crippen molar-refractivity contribution >= 4 is 26.1 Å². The summed E-state index contributed by atoms with van der Waals surface area (Å²) in [5, 5.41) is 1.15. The first-order chi connectivity index (χ1) is 10.8. The number of hydrogen-bond donors (Lipinski definition) is 1. The standard InChI is InChI=1S/C15H22N2O4S2/c1-2-23(20,21)17-11-8-15(9-12-17)16-22(18,19)13-10-14-6-4-3-5-7-14/h3-7,10,13,15-16H,2,8-9,11-12H2,1H3/b13-10+. The van der Waals surface area contributed by atoms with Crippen molar-refractivity contribution in [3.8, 4) is 0 Å². The fraction of sp³-hybridized carbons (Fsp3) is 0.467. The van der Waals surface area contributed by atoms with Gasteiger partial charge in [0, 0.05) is 24.5 Å². The van der Waals surface area contributed by atoms with Crippen molar-refractivity contribution < 1.29 is 16.8 Å². The zero-order valence-corrected chi connectivity index (χ0v) is 14.7. The highest BCUT2D eigenvalue weighted by Gasteiger charge is 2.28. The van der Waals surface area contributed by atoms with Gasteiger partial charge in [-0.1, -0.05) is 30.3 Å². The van der Waals surface area contributed by atoms with Gasteiger partial charge >= 0.3 is 0 Å². The average Bonchev–Trinajstić information content (AvgIpc) is 2.54. The van der Waals surface area contributed by atoms with Gasteiger partial charge in [0.1, 0.15) is 0 Å². The highest BCUT2D eigenvalue weighted by atomic mass is 32.2. The minimum atomic E-state index is -3.54. The van der Waals surface area contributed by atoms with E-state index in [0.29, 0.717) is 25.9 Å². The molecule has 6 nitrogen and oxygen atoms in total. The molecule has 0 spiro atoms. The number of sulfonamides is 2. The van der Waals surface area contributed by atoms with Crippen LogP contribution >= 0.6 is 0 Å². The summed E-state index contributed by atoms with van der Waals surface area (Å²) in [4.78, 5) is 0. The molecule has 1 heterocycles. The number of benzene rings is 1. The van der Waals surface area contributed by atoms with Gasteiger partial charge in [0.05, 0.1) is 5.75 Å². The summed E-state index contributed by atoms with van der Waals surface area (Å²) in [6.45, 7) is 2.32. The molecule has 1 fully saturated rings.